The molecule has 0 fully saturated rings. The van der Waals surface area contributed by atoms with Gasteiger partial charge >= 0.3 is 5.97 Å². The fourth-order valence-corrected chi connectivity index (χ4v) is 2.02. The highest BCUT2D eigenvalue weighted by atomic mass is 35.5. The summed E-state index contributed by atoms with van der Waals surface area (Å²) < 4.78 is 4.61. The third kappa shape index (κ3) is 5.21. The van der Waals surface area contributed by atoms with Crippen molar-refractivity contribution >= 4 is 23.5 Å². The third-order valence-electron chi connectivity index (χ3n) is 2.95. The average molecular weight is 298 g/mol. The number of nitrogens with zero attached hydrogens (tertiary/aromatic N) is 1. The molecule has 110 valence electrons. The smallest absolute Gasteiger partial charge is 0.307 e. The summed E-state index contributed by atoms with van der Waals surface area (Å²) in [6, 6.07) is 7.40. The molecule has 0 N–H and O–H groups in total. The number of methoxy groups -OCH3 is 1. The minimum absolute atomic E-state index is 0.0244. The molecule has 1 amide bonds. The van der Waals surface area contributed by atoms with Crippen LogP contribution in [-0.4, -0.2) is 30.4 Å². The SMILES string of the molecule is CCCC(=O)N(CCC(=O)OC)Cc1ccccc1Cl. The van der Waals surface area contributed by atoms with Gasteiger partial charge in [0.05, 0.1) is 13.5 Å². The van der Waals surface area contributed by atoms with Gasteiger partial charge in [0.15, 0.2) is 0 Å². The van der Waals surface area contributed by atoms with Gasteiger partial charge in [-0.1, -0.05) is 36.7 Å². The van der Waals surface area contributed by atoms with Crippen LogP contribution in [0.1, 0.15) is 31.7 Å². The Bertz CT molecular complexity index is 462. The maximum Gasteiger partial charge on any atom is 0.307 e. The highest BCUT2D eigenvalue weighted by Gasteiger charge is 2.16. The molecule has 5 heteroatoms. The van der Waals surface area contributed by atoms with Gasteiger partial charge in [-0.15, -0.1) is 0 Å². The normalized spacial score (nSPS) is 10.2. The van der Waals surface area contributed by atoms with E-state index in [1.165, 1.54) is 7.11 Å². The zero-order valence-corrected chi connectivity index (χ0v) is 12.7. The van der Waals surface area contributed by atoms with E-state index >= 15 is 0 Å². The zero-order chi connectivity index (χ0) is 15.0. The van der Waals surface area contributed by atoms with E-state index in [0.29, 0.717) is 24.5 Å². The van der Waals surface area contributed by atoms with E-state index in [4.69, 9.17) is 11.6 Å². The lowest BCUT2D eigenvalue weighted by Crippen LogP contribution is -2.32. The molecule has 1 aromatic rings. The Morgan fingerprint density at radius 1 is 1.25 bits per heavy atom. The lowest BCUT2D eigenvalue weighted by atomic mass is 10.2. The van der Waals surface area contributed by atoms with E-state index < -0.39 is 0 Å². The highest BCUT2D eigenvalue weighted by molar-refractivity contribution is 6.31. The molecule has 0 saturated carbocycles. The molecular weight excluding hydrogens is 278 g/mol. The standard InChI is InChI=1S/C15H20ClNO3/c1-3-6-14(18)17(10-9-15(19)20-2)11-12-7-4-5-8-13(12)16/h4-5,7-8H,3,6,9-11H2,1-2H3. The topological polar surface area (TPSA) is 46.6 Å². The molecule has 0 aliphatic carbocycles. The van der Waals surface area contributed by atoms with Gasteiger partial charge in [-0.05, 0) is 18.1 Å². The Hall–Kier alpha value is -1.55. The number of esters is 1. The summed E-state index contributed by atoms with van der Waals surface area (Å²) in [7, 11) is 1.34. The molecule has 0 aliphatic heterocycles. The van der Waals surface area contributed by atoms with E-state index in [-0.39, 0.29) is 18.3 Å². The molecular formula is C15H20ClNO3. The van der Waals surface area contributed by atoms with Crippen molar-refractivity contribution in [2.75, 3.05) is 13.7 Å². The van der Waals surface area contributed by atoms with Crippen LogP contribution in [-0.2, 0) is 20.9 Å². The predicted octanol–water partition coefficient (Wildman–Crippen LogP) is 3.03. The first-order valence-corrected chi connectivity index (χ1v) is 7.04. The maximum atomic E-state index is 12.1. The van der Waals surface area contributed by atoms with Gasteiger partial charge in [-0.3, -0.25) is 9.59 Å². The molecule has 0 aromatic heterocycles. The number of hydrogen-bond acceptors (Lipinski definition) is 3. The molecule has 0 heterocycles. The molecule has 0 unspecified atom stereocenters. The Morgan fingerprint density at radius 3 is 2.55 bits per heavy atom. The van der Waals surface area contributed by atoms with Crippen molar-refractivity contribution in [3.63, 3.8) is 0 Å². The number of rotatable bonds is 7. The first-order valence-electron chi connectivity index (χ1n) is 6.66. The maximum absolute atomic E-state index is 12.1. The van der Waals surface area contributed by atoms with E-state index in [9.17, 15) is 9.59 Å². The van der Waals surface area contributed by atoms with E-state index in [1.54, 1.807) is 11.0 Å². The van der Waals surface area contributed by atoms with E-state index in [0.717, 1.165) is 12.0 Å². The molecule has 0 saturated heterocycles. The Morgan fingerprint density at radius 2 is 1.95 bits per heavy atom. The van der Waals surface area contributed by atoms with Gasteiger partial charge in [0.25, 0.3) is 0 Å². The Kier molecular flexibility index (Phi) is 7.09. The summed E-state index contributed by atoms with van der Waals surface area (Å²) in [5.41, 5.74) is 0.878. The van der Waals surface area contributed by atoms with Crippen molar-refractivity contribution in [2.45, 2.75) is 32.7 Å². The Balaban J connectivity index is 2.74. The number of halogens is 1. The van der Waals surface area contributed by atoms with Crippen molar-refractivity contribution in [1.29, 1.82) is 0 Å². The second kappa shape index (κ2) is 8.59. The predicted molar refractivity (Wildman–Crippen MR) is 78.4 cm³/mol. The number of hydrogen-bond donors (Lipinski definition) is 0. The molecule has 0 radical (unpaired) electrons. The van der Waals surface area contributed by atoms with Crippen molar-refractivity contribution < 1.29 is 14.3 Å². The number of amides is 1. The second-order valence-electron chi connectivity index (χ2n) is 4.48. The van der Waals surface area contributed by atoms with Crippen LogP contribution in [0.4, 0.5) is 0 Å². The van der Waals surface area contributed by atoms with Crippen LogP contribution >= 0.6 is 11.6 Å². The molecule has 0 bridgehead atoms. The van der Waals surface area contributed by atoms with Crippen molar-refractivity contribution in [1.82, 2.24) is 4.90 Å². The molecule has 1 rings (SSSR count). The summed E-state index contributed by atoms with van der Waals surface area (Å²) in [5.74, 6) is -0.297. The summed E-state index contributed by atoms with van der Waals surface area (Å²) in [6.45, 7) is 2.71. The van der Waals surface area contributed by atoms with Crippen LogP contribution in [0.5, 0.6) is 0 Å². The van der Waals surface area contributed by atoms with E-state index in [1.807, 2.05) is 25.1 Å². The Labute approximate surface area is 124 Å². The largest absolute Gasteiger partial charge is 0.469 e. The van der Waals surface area contributed by atoms with Crippen molar-refractivity contribution in [3.8, 4) is 0 Å². The van der Waals surface area contributed by atoms with Crippen LogP contribution < -0.4 is 0 Å². The lowest BCUT2D eigenvalue weighted by molar-refractivity contribution is -0.141. The van der Waals surface area contributed by atoms with E-state index in [2.05, 4.69) is 4.74 Å². The molecule has 0 aliphatic rings. The minimum atomic E-state index is -0.321. The summed E-state index contributed by atoms with van der Waals surface area (Å²) in [6.07, 6.45) is 1.43. The molecule has 0 atom stereocenters. The van der Waals surface area contributed by atoms with Gasteiger partial charge in [0.2, 0.25) is 5.91 Å². The number of carbonyl (C=O) groups excluding carboxylic acids is 2. The van der Waals surface area contributed by atoms with Crippen LogP contribution in [0.3, 0.4) is 0 Å². The average Bonchev–Trinajstić information content (AvgIpc) is 2.45. The van der Waals surface area contributed by atoms with Gasteiger partial charge in [0, 0.05) is 24.5 Å². The highest BCUT2D eigenvalue weighted by Crippen LogP contribution is 2.18. The first-order chi connectivity index (χ1) is 9.58. The monoisotopic (exact) mass is 297 g/mol. The molecule has 4 nitrogen and oxygen atoms in total. The van der Waals surface area contributed by atoms with Crippen LogP contribution in [0, 0.1) is 0 Å². The van der Waals surface area contributed by atoms with Gasteiger partial charge < -0.3 is 9.64 Å². The number of benzene rings is 1. The van der Waals surface area contributed by atoms with Gasteiger partial charge in [0.1, 0.15) is 0 Å². The lowest BCUT2D eigenvalue weighted by Gasteiger charge is -2.22. The summed E-state index contributed by atoms with van der Waals surface area (Å²) in [5, 5.41) is 0.625. The fraction of sp³-hybridized carbons (Fsp3) is 0.467. The quantitative estimate of drug-likeness (QED) is 0.727. The van der Waals surface area contributed by atoms with Gasteiger partial charge in [-0.2, -0.15) is 0 Å². The fourth-order valence-electron chi connectivity index (χ4n) is 1.82. The summed E-state index contributed by atoms with van der Waals surface area (Å²) in [4.78, 5) is 25.0. The van der Waals surface area contributed by atoms with Crippen LogP contribution in [0.15, 0.2) is 24.3 Å². The molecule has 0 spiro atoms. The van der Waals surface area contributed by atoms with Crippen LogP contribution in [0.25, 0.3) is 0 Å². The van der Waals surface area contributed by atoms with Gasteiger partial charge in [-0.25, -0.2) is 0 Å². The van der Waals surface area contributed by atoms with Crippen molar-refractivity contribution in [2.24, 2.45) is 0 Å². The number of carbonyl (C=O) groups is 2. The van der Waals surface area contributed by atoms with Crippen molar-refractivity contribution in [3.05, 3.63) is 34.9 Å². The second-order valence-corrected chi connectivity index (χ2v) is 4.89. The molecule has 20 heavy (non-hydrogen) atoms. The third-order valence-corrected chi connectivity index (χ3v) is 3.32. The first kappa shape index (κ1) is 16.5. The zero-order valence-electron chi connectivity index (χ0n) is 11.9. The van der Waals surface area contributed by atoms with Crippen LogP contribution in [0.2, 0.25) is 5.02 Å². The minimum Gasteiger partial charge on any atom is -0.469 e. The number of ether oxygens (including phenoxy) is 1. The molecule has 1 aromatic carbocycles. The summed E-state index contributed by atoms with van der Waals surface area (Å²) >= 11 is 6.11.